The van der Waals surface area contributed by atoms with Crippen molar-refractivity contribution >= 4 is 11.7 Å². The van der Waals surface area contributed by atoms with Crippen LogP contribution in [0.5, 0.6) is 5.75 Å². The van der Waals surface area contributed by atoms with Crippen molar-refractivity contribution in [3.05, 3.63) is 59.7 Å². The van der Waals surface area contributed by atoms with Crippen LogP contribution in [-0.2, 0) is 0 Å². The lowest BCUT2D eigenvalue weighted by Crippen LogP contribution is -2.38. The average molecular weight is 364 g/mol. The molecule has 1 saturated heterocycles. The second kappa shape index (κ2) is 9.06. The number of hydrogen-bond donors (Lipinski definition) is 2. The van der Waals surface area contributed by atoms with Crippen LogP contribution in [0.4, 0.5) is 10.5 Å². The highest BCUT2D eigenvalue weighted by Gasteiger charge is 2.24. The fourth-order valence-corrected chi connectivity index (χ4v) is 3.33. The molecule has 2 N–H and O–H groups in total. The normalized spacial score (nSPS) is 15.0. The highest BCUT2D eigenvalue weighted by Crippen LogP contribution is 2.26. The van der Waals surface area contributed by atoms with E-state index < -0.39 is 0 Å². The van der Waals surface area contributed by atoms with Crippen LogP contribution in [0.15, 0.2) is 48.5 Å². The van der Waals surface area contributed by atoms with E-state index >= 15 is 0 Å². The van der Waals surface area contributed by atoms with Gasteiger partial charge in [0.05, 0.1) is 24.8 Å². The van der Waals surface area contributed by atoms with Gasteiger partial charge in [0.15, 0.2) is 0 Å². The van der Waals surface area contributed by atoms with Crippen LogP contribution in [0.1, 0.15) is 30.0 Å². The number of benzene rings is 2. The van der Waals surface area contributed by atoms with E-state index in [-0.39, 0.29) is 12.1 Å². The average Bonchev–Trinajstić information content (AvgIpc) is 3.24. The topological polar surface area (TPSA) is 77.4 Å². The van der Waals surface area contributed by atoms with E-state index in [4.69, 9.17) is 10.00 Å². The van der Waals surface area contributed by atoms with Crippen molar-refractivity contribution in [2.45, 2.75) is 18.9 Å². The second-order valence-electron chi connectivity index (χ2n) is 6.56. The Morgan fingerprint density at radius 1 is 1.15 bits per heavy atom. The number of methoxy groups -OCH3 is 1. The molecule has 2 aromatic carbocycles. The highest BCUT2D eigenvalue weighted by atomic mass is 16.5. The number of nitrogens with zero attached hydrogens (tertiary/aromatic N) is 2. The summed E-state index contributed by atoms with van der Waals surface area (Å²) < 4.78 is 5.24. The van der Waals surface area contributed by atoms with Crippen LogP contribution in [0.3, 0.4) is 0 Å². The highest BCUT2D eigenvalue weighted by molar-refractivity contribution is 5.89. The molecule has 1 heterocycles. The van der Waals surface area contributed by atoms with Crippen LogP contribution < -0.4 is 15.4 Å². The summed E-state index contributed by atoms with van der Waals surface area (Å²) in [7, 11) is 1.65. The minimum Gasteiger partial charge on any atom is -0.497 e. The first-order valence-electron chi connectivity index (χ1n) is 9.12. The van der Waals surface area contributed by atoms with Crippen LogP contribution in [0.25, 0.3) is 0 Å². The van der Waals surface area contributed by atoms with E-state index in [9.17, 15) is 4.79 Å². The van der Waals surface area contributed by atoms with Crippen LogP contribution in [0, 0.1) is 11.3 Å². The first-order chi connectivity index (χ1) is 13.2. The largest absolute Gasteiger partial charge is 0.497 e. The van der Waals surface area contributed by atoms with E-state index in [2.05, 4.69) is 33.7 Å². The molecule has 0 spiro atoms. The fourth-order valence-electron chi connectivity index (χ4n) is 3.33. The summed E-state index contributed by atoms with van der Waals surface area (Å²) in [5.41, 5.74) is 2.39. The lowest BCUT2D eigenvalue weighted by atomic mass is 10.1. The number of urea groups is 1. The van der Waals surface area contributed by atoms with E-state index in [1.807, 2.05) is 12.1 Å². The molecule has 0 saturated carbocycles. The molecule has 0 radical (unpaired) electrons. The number of amides is 2. The Kier molecular flexibility index (Phi) is 6.29. The smallest absolute Gasteiger partial charge is 0.319 e. The molecular weight excluding hydrogens is 340 g/mol. The van der Waals surface area contributed by atoms with Crippen molar-refractivity contribution in [2.75, 3.05) is 32.1 Å². The molecule has 27 heavy (non-hydrogen) atoms. The van der Waals surface area contributed by atoms with Gasteiger partial charge in [-0.1, -0.05) is 12.1 Å². The quantitative estimate of drug-likeness (QED) is 0.822. The maximum atomic E-state index is 12.3. The van der Waals surface area contributed by atoms with Gasteiger partial charge in [-0.3, -0.25) is 4.90 Å². The molecule has 0 bridgehead atoms. The van der Waals surface area contributed by atoms with Crippen LogP contribution >= 0.6 is 0 Å². The molecule has 3 rings (SSSR count). The summed E-state index contributed by atoms with van der Waals surface area (Å²) in [5.74, 6) is 0.824. The SMILES string of the molecule is COc1ccc(C(CNC(=O)Nc2ccc(C#N)cc2)N2CCCC2)cc1. The summed E-state index contributed by atoms with van der Waals surface area (Å²) in [4.78, 5) is 14.7. The number of ether oxygens (including phenoxy) is 1. The van der Waals surface area contributed by atoms with Crippen LogP contribution in [-0.4, -0.2) is 37.7 Å². The third-order valence-corrected chi connectivity index (χ3v) is 4.81. The summed E-state index contributed by atoms with van der Waals surface area (Å²) in [6.45, 7) is 2.60. The van der Waals surface area contributed by atoms with E-state index in [0.29, 0.717) is 17.8 Å². The molecule has 140 valence electrons. The Bertz CT molecular complexity index is 790. The third kappa shape index (κ3) is 4.99. The molecule has 2 amide bonds. The molecule has 1 atom stereocenters. The number of rotatable bonds is 6. The predicted octanol–water partition coefficient (Wildman–Crippen LogP) is 3.53. The van der Waals surface area contributed by atoms with Gasteiger partial charge in [-0.25, -0.2) is 4.79 Å². The number of nitriles is 1. The molecular formula is C21H24N4O2. The number of anilines is 1. The van der Waals surface area contributed by atoms with Crippen molar-refractivity contribution in [1.82, 2.24) is 10.2 Å². The molecule has 1 fully saturated rings. The number of carbonyl (C=O) groups excluding carboxylic acids is 1. The minimum absolute atomic E-state index is 0.130. The molecule has 1 aliphatic rings. The van der Waals surface area contributed by atoms with Gasteiger partial charge in [-0.2, -0.15) is 5.26 Å². The zero-order valence-electron chi connectivity index (χ0n) is 15.4. The van der Waals surface area contributed by atoms with Gasteiger partial charge >= 0.3 is 6.03 Å². The molecule has 6 nitrogen and oxygen atoms in total. The number of carbonyl (C=O) groups is 1. The summed E-state index contributed by atoms with van der Waals surface area (Å²) in [6.07, 6.45) is 2.37. The van der Waals surface area contributed by atoms with Crippen molar-refractivity contribution in [1.29, 1.82) is 5.26 Å². The zero-order chi connectivity index (χ0) is 19.1. The Hall–Kier alpha value is -3.04. The summed E-state index contributed by atoms with van der Waals surface area (Å²) >= 11 is 0. The van der Waals surface area contributed by atoms with Crippen molar-refractivity contribution in [3.63, 3.8) is 0 Å². The van der Waals surface area contributed by atoms with Crippen LogP contribution in [0.2, 0.25) is 0 Å². The van der Waals surface area contributed by atoms with Gasteiger partial charge in [-0.15, -0.1) is 0 Å². The zero-order valence-corrected chi connectivity index (χ0v) is 15.4. The monoisotopic (exact) mass is 364 g/mol. The Labute approximate surface area is 159 Å². The lowest BCUT2D eigenvalue weighted by molar-refractivity contribution is 0.227. The number of nitrogens with one attached hydrogen (secondary N) is 2. The van der Waals surface area contributed by atoms with E-state index in [1.54, 1.807) is 31.4 Å². The summed E-state index contributed by atoms with van der Waals surface area (Å²) in [5, 5.41) is 14.6. The van der Waals surface area contributed by atoms with Gasteiger partial charge in [-0.05, 0) is 67.9 Å². The third-order valence-electron chi connectivity index (χ3n) is 4.81. The minimum atomic E-state index is -0.252. The van der Waals surface area contributed by atoms with Gasteiger partial charge in [0.1, 0.15) is 5.75 Å². The Morgan fingerprint density at radius 3 is 2.41 bits per heavy atom. The molecule has 0 aliphatic carbocycles. The Morgan fingerprint density at radius 2 is 1.81 bits per heavy atom. The van der Waals surface area contributed by atoms with Crippen molar-refractivity contribution < 1.29 is 9.53 Å². The lowest BCUT2D eigenvalue weighted by Gasteiger charge is -2.28. The summed E-state index contributed by atoms with van der Waals surface area (Å²) in [6, 6.07) is 16.8. The molecule has 2 aromatic rings. The maximum Gasteiger partial charge on any atom is 0.319 e. The fraction of sp³-hybridized carbons (Fsp3) is 0.333. The Balaban J connectivity index is 1.62. The molecule has 0 aromatic heterocycles. The van der Waals surface area contributed by atoms with Gasteiger partial charge < -0.3 is 15.4 Å². The van der Waals surface area contributed by atoms with E-state index in [1.165, 1.54) is 12.8 Å². The van der Waals surface area contributed by atoms with Gasteiger partial charge in [0, 0.05) is 12.2 Å². The molecule has 1 unspecified atom stereocenters. The maximum absolute atomic E-state index is 12.3. The second-order valence-corrected chi connectivity index (χ2v) is 6.56. The van der Waals surface area contributed by atoms with Gasteiger partial charge in [0.2, 0.25) is 0 Å². The van der Waals surface area contributed by atoms with Gasteiger partial charge in [0.25, 0.3) is 0 Å². The molecule has 6 heteroatoms. The van der Waals surface area contributed by atoms with Crippen molar-refractivity contribution in [3.8, 4) is 11.8 Å². The molecule has 1 aliphatic heterocycles. The van der Waals surface area contributed by atoms with Crippen molar-refractivity contribution in [2.24, 2.45) is 0 Å². The standard InChI is InChI=1S/C21H24N4O2/c1-27-19-10-6-17(7-11-19)20(25-12-2-3-13-25)15-23-21(26)24-18-8-4-16(14-22)5-9-18/h4-11,20H,2-3,12-13,15H2,1H3,(H2,23,24,26). The van der Waals surface area contributed by atoms with E-state index in [0.717, 1.165) is 24.4 Å². The first-order valence-corrected chi connectivity index (χ1v) is 9.12. The first kappa shape index (κ1) is 18.7. The number of likely N-dealkylation sites (tertiary alicyclic amines) is 1. The predicted molar refractivity (Wildman–Crippen MR) is 105 cm³/mol. The number of hydrogen-bond acceptors (Lipinski definition) is 4.